The summed E-state index contributed by atoms with van der Waals surface area (Å²) in [6, 6.07) is 4.92. The van der Waals surface area contributed by atoms with Crippen LogP contribution in [0.4, 0.5) is 4.39 Å². The number of aliphatic carboxylic acids is 1. The van der Waals surface area contributed by atoms with Gasteiger partial charge in [-0.2, -0.15) is 0 Å². The highest BCUT2D eigenvalue weighted by Crippen LogP contribution is 2.20. The average Bonchev–Trinajstić information content (AvgIpc) is 2.70. The molecule has 2 aromatic rings. The first-order valence-electron chi connectivity index (χ1n) is 6.49. The number of imidazole rings is 1. The first-order valence-corrected chi connectivity index (χ1v) is 6.49. The first kappa shape index (κ1) is 13.5. The molecule has 0 bridgehead atoms. The van der Waals surface area contributed by atoms with Crippen molar-refractivity contribution in [1.29, 1.82) is 0 Å². The number of hydrogen-bond donors (Lipinski definition) is 1. The second-order valence-electron chi connectivity index (χ2n) is 4.53. The molecular weight excluding hydrogens is 247 g/mol. The van der Waals surface area contributed by atoms with E-state index >= 15 is 0 Å². The van der Waals surface area contributed by atoms with Crippen molar-refractivity contribution < 1.29 is 14.3 Å². The summed E-state index contributed by atoms with van der Waals surface area (Å²) in [6.45, 7) is 2.81. The van der Waals surface area contributed by atoms with Gasteiger partial charge in [0.15, 0.2) is 5.82 Å². The monoisotopic (exact) mass is 264 g/mol. The van der Waals surface area contributed by atoms with E-state index in [1.807, 2.05) is 17.6 Å². The fourth-order valence-corrected chi connectivity index (χ4v) is 2.22. The van der Waals surface area contributed by atoms with Crippen LogP contribution in [0.5, 0.6) is 0 Å². The second kappa shape index (κ2) is 5.82. The summed E-state index contributed by atoms with van der Waals surface area (Å²) in [7, 11) is 0. The number of para-hydroxylation sites is 1. The van der Waals surface area contributed by atoms with Crippen molar-refractivity contribution in [2.75, 3.05) is 0 Å². The standard InChI is InChI=1S/C14H17FN2O2/c1-2-9-17-11-6-3-5-10(15)14(11)16-12(17)7-4-8-13(18)19/h3,5-6H,2,4,7-9H2,1H3,(H,18,19). The lowest BCUT2D eigenvalue weighted by Gasteiger charge is -2.06. The van der Waals surface area contributed by atoms with Crippen LogP contribution >= 0.6 is 0 Å². The van der Waals surface area contributed by atoms with Crippen molar-refractivity contribution in [3.8, 4) is 0 Å². The smallest absolute Gasteiger partial charge is 0.303 e. The van der Waals surface area contributed by atoms with Gasteiger partial charge < -0.3 is 9.67 Å². The lowest BCUT2D eigenvalue weighted by molar-refractivity contribution is -0.137. The summed E-state index contributed by atoms with van der Waals surface area (Å²) < 4.78 is 15.7. The molecule has 1 N–H and O–H groups in total. The van der Waals surface area contributed by atoms with Crippen LogP contribution in [0.3, 0.4) is 0 Å². The second-order valence-corrected chi connectivity index (χ2v) is 4.53. The first-order chi connectivity index (χ1) is 9.13. The maximum Gasteiger partial charge on any atom is 0.303 e. The highest BCUT2D eigenvalue weighted by molar-refractivity contribution is 5.76. The zero-order chi connectivity index (χ0) is 13.8. The summed E-state index contributed by atoms with van der Waals surface area (Å²) in [5.74, 6) is -0.376. The molecule has 0 spiro atoms. The molecule has 19 heavy (non-hydrogen) atoms. The van der Waals surface area contributed by atoms with Crippen LogP contribution in [0.15, 0.2) is 18.2 Å². The fourth-order valence-electron chi connectivity index (χ4n) is 2.22. The number of benzene rings is 1. The Hall–Kier alpha value is -1.91. The zero-order valence-corrected chi connectivity index (χ0v) is 10.9. The van der Waals surface area contributed by atoms with Crippen LogP contribution in [-0.4, -0.2) is 20.6 Å². The van der Waals surface area contributed by atoms with E-state index in [1.165, 1.54) is 6.07 Å². The third-order valence-electron chi connectivity index (χ3n) is 3.05. The summed E-state index contributed by atoms with van der Waals surface area (Å²) in [5.41, 5.74) is 1.16. The minimum Gasteiger partial charge on any atom is -0.481 e. The summed E-state index contributed by atoms with van der Waals surface area (Å²) in [5, 5.41) is 8.66. The Bertz CT molecular complexity index is 592. The number of aryl methyl sites for hydroxylation is 2. The molecule has 0 aliphatic carbocycles. The number of fused-ring (bicyclic) bond motifs is 1. The van der Waals surface area contributed by atoms with Gasteiger partial charge in [-0.1, -0.05) is 13.0 Å². The van der Waals surface area contributed by atoms with E-state index in [0.29, 0.717) is 18.4 Å². The predicted octanol–water partition coefficient (Wildman–Crippen LogP) is 2.99. The van der Waals surface area contributed by atoms with E-state index in [-0.39, 0.29) is 12.2 Å². The van der Waals surface area contributed by atoms with E-state index in [1.54, 1.807) is 6.07 Å². The molecule has 1 heterocycles. The van der Waals surface area contributed by atoms with Crippen molar-refractivity contribution in [1.82, 2.24) is 9.55 Å². The molecule has 0 saturated heterocycles. The number of nitrogens with zero attached hydrogens (tertiary/aromatic N) is 2. The van der Waals surface area contributed by atoms with Crippen molar-refractivity contribution in [3.63, 3.8) is 0 Å². The van der Waals surface area contributed by atoms with E-state index in [4.69, 9.17) is 5.11 Å². The summed E-state index contributed by atoms with van der Waals surface area (Å²) in [6.07, 6.45) is 2.11. The predicted molar refractivity (Wildman–Crippen MR) is 70.6 cm³/mol. The molecule has 1 aromatic heterocycles. The molecular formula is C14H17FN2O2. The molecule has 0 aliphatic rings. The molecule has 2 rings (SSSR count). The van der Waals surface area contributed by atoms with Crippen molar-refractivity contribution in [3.05, 3.63) is 29.8 Å². The molecule has 0 atom stereocenters. The molecule has 0 fully saturated rings. The molecule has 1 aromatic carbocycles. The van der Waals surface area contributed by atoms with Crippen LogP contribution in [0.25, 0.3) is 11.0 Å². The van der Waals surface area contributed by atoms with E-state index in [9.17, 15) is 9.18 Å². The van der Waals surface area contributed by atoms with Crippen molar-refractivity contribution in [2.24, 2.45) is 0 Å². The van der Waals surface area contributed by atoms with Gasteiger partial charge in [-0.15, -0.1) is 0 Å². The van der Waals surface area contributed by atoms with Gasteiger partial charge in [0.1, 0.15) is 11.3 Å². The van der Waals surface area contributed by atoms with E-state index in [2.05, 4.69) is 4.98 Å². The highest BCUT2D eigenvalue weighted by Gasteiger charge is 2.13. The van der Waals surface area contributed by atoms with Gasteiger partial charge >= 0.3 is 5.97 Å². The van der Waals surface area contributed by atoms with Crippen LogP contribution in [0.2, 0.25) is 0 Å². The maximum atomic E-state index is 13.7. The summed E-state index contributed by atoms with van der Waals surface area (Å²) >= 11 is 0. The molecule has 0 amide bonds. The number of carboxylic acid groups (broad SMARTS) is 1. The summed E-state index contributed by atoms with van der Waals surface area (Å²) in [4.78, 5) is 14.9. The normalized spacial score (nSPS) is 11.1. The Morgan fingerprint density at radius 2 is 2.26 bits per heavy atom. The van der Waals surface area contributed by atoms with Crippen molar-refractivity contribution >= 4 is 17.0 Å². The third-order valence-corrected chi connectivity index (χ3v) is 3.05. The third kappa shape index (κ3) is 2.92. The van der Waals surface area contributed by atoms with Crippen LogP contribution < -0.4 is 0 Å². The average molecular weight is 264 g/mol. The topological polar surface area (TPSA) is 55.1 Å². The lowest BCUT2D eigenvalue weighted by Crippen LogP contribution is -2.05. The number of aromatic nitrogens is 2. The number of carbonyl (C=O) groups is 1. The number of rotatable bonds is 6. The minimum absolute atomic E-state index is 0.109. The van der Waals surface area contributed by atoms with Gasteiger partial charge in [-0.05, 0) is 25.0 Å². The Morgan fingerprint density at radius 3 is 2.95 bits per heavy atom. The molecule has 0 saturated carbocycles. The molecule has 0 aliphatic heterocycles. The molecule has 5 heteroatoms. The maximum absolute atomic E-state index is 13.7. The Kier molecular flexibility index (Phi) is 4.14. The van der Waals surface area contributed by atoms with E-state index in [0.717, 1.165) is 24.3 Å². The minimum atomic E-state index is -0.815. The van der Waals surface area contributed by atoms with Crippen molar-refractivity contribution in [2.45, 2.75) is 39.2 Å². The van der Waals surface area contributed by atoms with Gasteiger partial charge in [0, 0.05) is 19.4 Å². The van der Waals surface area contributed by atoms with E-state index < -0.39 is 5.97 Å². The van der Waals surface area contributed by atoms with Crippen LogP contribution in [-0.2, 0) is 17.8 Å². The van der Waals surface area contributed by atoms with Gasteiger partial charge in [0.2, 0.25) is 0 Å². The number of hydrogen-bond acceptors (Lipinski definition) is 2. The number of halogens is 1. The Morgan fingerprint density at radius 1 is 1.47 bits per heavy atom. The molecule has 0 unspecified atom stereocenters. The Labute approximate surface area is 110 Å². The lowest BCUT2D eigenvalue weighted by atomic mass is 10.2. The zero-order valence-electron chi connectivity index (χ0n) is 10.9. The van der Waals surface area contributed by atoms with Gasteiger partial charge in [0.05, 0.1) is 5.52 Å². The van der Waals surface area contributed by atoms with Gasteiger partial charge in [0.25, 0.3) is 0 Å². The quantitative estimate of drug-likeness (QED) is 0.872. The Balaban J connectivity index is 2.33. The largest absolute Gasteiger partial charge is 0.481 e. The molecule has 4 nitrogen and oxygen atoms in total. The highest BCUT2D eigenvalue weighted by atomic mass is 19.1. The van der Waals surface area contributed by atoms with Gasteiger partial charge in [-0.25, -0.2) is 9.37 Å². The van der Waals surface area contributed by atoms with Crippen LogP contribution in [0.1, 0.15) is 32.0 Å². The number of carboxylic acids is 1. The fraction of sp³-hybridized carbons (Fsp3) is 0.429. The SMILES string of the molecule is CCCn1c(CCCC(=O)O)nc2c(F)cccc21. The van der Waals surface area contributed by atoms with Gasteiger partial charge in [-0.3, -0.25) is 4.79 Å². The molecule has 102 valence electrons. The van der Waals surface area contributed by atoms with Crippen LogP contribution in [0, 0.1) is 5.82 Å². The molecule has 0 radical (unpaired) electrons.